The van der Waals surface area contributed by atoms with Gasteiger partial charge in [-0.05, 0) is 51.9 Å². The quantitative estimate of drug-likeness (QED) is 0.165. The number of aliphatic imine (C=N–C) groups is 1. The molecule has 3 atom stereocenters. The van der Waals surface area contributed by atoms with E-state index >= 15 is 8.78 Å². The normalized spacial score (nSPS) is 23.9. The Morgan fingerprint density at radius 2 is 2.00 bits per heavy atom. The summed E-state index contributed by atoms with van der Waals surface area (Å²) in [6.07, 6.45) is 2.15. The van der Waals surface area contributed by atoms with Crippen molar-refractivity contribution in [3.8, 4) is 0 Å². The molecule has 0 N–H and O–H groups in total. The maximum Gasteiger partial charge on any atom is 0.418 e. The van der Waals surface area contributed by atoms with Gasteiger partial charge in [-0.25, -0.2) is 28.5 Å². The summed E-state index contributed by atoms with van der Waals surface area (Å²) in [6.45, 7) is 14.9. The minimum atomic E-state index is -1.69. The molecule has 1 aliphatic rings. The number of halogens is 3. The van der Waals surface area contributed by atoms with Crippen LogP contribution in [-0.4, -0.2) is 54.8 Å². The molecule has 1 amide bonds. The van der Waals surface area contributed by atoms with Gasteiger partial charge in [-0.1, -0.05) is 54.3 Å². The van der Waals surface area contributed by atoms with Crippen LogP contribution in [0.3, 0.4) is 0 Å². The third-order valence-electron chi connectivity index (χ3n) is 6.72. The lowest BCUT2D eigenvalue weighted by molar-refractivity contribution is 0.0105. The monoisotopic (exact) mass is 645 g/mol. The summed E-state index contributed by atoms with van der Waals surface area (Å²) in [5, 5.41) is 0.145. The number of amides is 1. The van der Waals surface area contributed by atoms with Crippen molar-refractivity contribution in [1.29, 1.82) is 0 Å². The van der Waals surface area contributed by atoms with Gasteiger partial charge in [0.1, 0.15) is 36.1 Å². The Kier molecular flexibility index (Phi) is 9.77. The van der Waals surface area contributed by atoms with Crippen LogP contribution in [0.5, 0.6) is 0 Å². The molecule has 2 aromatic rings. The number of carbonyl (C=O) groups excluding carboxylic acids is 1. The van der Waals surface area contributed by atoms with E-state index in [1.54, 1.807) is 40.0 Å². The molecule has 1 aliphatic heterocycles. The Morgan fingerprint density at radius 3 is 2.56 bits per heavy atom. The van der Waals surface area contributed by atoms with E-state index < -0.39 is 48.5 Å². The Morgan fingerprint density at radius 1 is 1.31 bits per heavy atom. The molecule has 2 heterocycles. The topological polar surface area (TPSA) is 77.2 Å². The molecule has 0 fully saturated rings. The highest BCUT2D eigenvalue weighted by atomic mass is 79.9. The van der Waals surface area contributed by atoms with Crippen LogP contribution < -0.4 is 0 Å². The molecule has 0 spiro atoms. The number of hydrogen-bond donors (Lipinski definition) is 0. The smallest absolute Gasteiger partial charge is 0.418 e. The number of ether oxygens (including phenoxy) is 2. The molecule has 0 saturated carbocycles. The van der Waals surface area contributed by atoms with Gasteiger partial charge in [-0.2, -0.15) is 0 Å². The third-order valence-corrected chi connectivity index (χ3v) is 10.4. The Bertz CT molecular complexity index is 1190. The maximum absolute atomic E-state index is 15.4. The van der Waals surface area contributed by atoms with Gasteiger partial charge in [-0.15, -0.1) is 0 Å². The Balaban J connectivity index is 2.18. The van der Waals surface area contributed by atoms with Crippen LogP contribution in [0.1, 0.15) is 45.9 Å². The van der Waals surface area contributed by atoms with E-state index in [1.807, 2.05) is 6.92 Å². The van der Waals surface area contributed by atoms with Crippen LogP contribution in [-0.2, 0) is 19.8 Å². The molecular formula is C27H38BrF2N3O4SSi. The van der Waals surface area contributed by atoms with E-state index in [1.165, 1.54) is 35.2 Å². The third kappa shape index (κ3) is 7.31. The molecule has 0 saturated heterocycles. The van der Waals surface area contributed by atoms with E-state index in [-0.39, 0.29) is 17.5 Å². The molecule has 0 aliphatic carbocycles. The number of thioether (sulfide) groups is 1. The average Bonchev–Trinajstić information content (AvgIpc) is 3.37. The van der Waals surface area contributed by atoms with Crippen LogP contribution >= 0.6 is 27.7 Å². The number of amidine groups is 1. The molecule has 39 heavy (non-hydrogen) atoms. The maximum atomic E-state index is 15.4. The van der Waals surface area contributed by atoms with Crippen molar-refractivity contribution in [2.45, 2.75) is 76.2 Å². The Labute approximate surface area is 243 Å². The summed E-state index contributed by atoms with van der Waals surface area (Å²) in [7, 11) is -1.40. The first-order valence-electron chi connectivity index (χ1n) is 12.8. The predicted molar refractivity (Wildman–Crippen MR) is 157 cm³/mol. The fraction of sp³-hybridized carbons (Fsp3) is 0.593. The lowest BCUT2D eigenvalue weighted by Crippen LogP contribution is -2.53. The summed E-state index contributed by atoms with van der Waals surface area (Å²) in [6, 6.07) is 5.24. The molecular weight excluding hydrogens is 608 g/mol. The highest BCUT2D eigenvalue weighted by Crippen LogP contribution is 2.56. The van der Waals surface area contributed by atoms with Crippen molar-refractivity contribution < 1.29 is 27.5 Å². The molecule has 1 aromatic heterocycles. The van der Waals surface area contributed by atoms with Crippen LogP contribution in [0.4, 0.5) is 13.6 Å². The van der Waals surface area contributed by atoms with Crippen molar-refractivity contribution in [2.75, 3.05) is 20.0 Å². The zero-order valence-electron chi connectivity index (χ0n) is 23.8. The number of alkyl halides is 1. The largest absolute Gasteiger partial charge is 0.447 e. The second-order valence-corrected chi connectivity index (χ2v) is 20.1. The first-order valence-corrected chi connectivity index (χ1v) is 18.1. The van der Waals surface area contributed by atoms with Crippen molar-refractivity contribution in [3.63, 3.8) is 0 Å². The lowest BCUT2D eigenvalue weighted by Gasteiger charge is -2.48. The summed E-state index contributed by atoms with van der Waals surface area (Å²) in [5.41, 5.74) is -2.42. The minimum absolute atomic E-state index is 0.0687. The number of nitrogens with zero attached hydrogens (tertiary/aromatic N) is 3. The fourth-order valence-electron chi connectivity index (χ4n) is 4.24. The molecule has 7 nitrogen and oxygen atoms in total. The van der Waals surface area contributed by atoms with Gasteiger partial charge in [0.15, 0.2) is 11.6 Å². The van der Waals surface area contributed by atoms with Gasteiger partial charge >= 0.3 is 6.09 Å². The lowest BCUT2D eigenvalue weighted by atomic mass is 9.72. The molecule has 216 valence electrons. The highest BCUT2D eigenvalue weighted by Gasteiger charge is 2.56. The first-order chi connectivity index (χ1) is 18.0. The van der Waals surface area contributed by atoms with Gasteiger partial charge in [0.2, 0.25) is 0 Å². The molecule has 12 heteroatoms. The highest BCUT2D eigenvalue weighted by molar-refractivity contribution is 9.10. The number of carbonyl (C=O) groups is 1. The molecule has 0 unspecified atom stereocenters. The summed E-state index contributed by atoms with van der Waals surface area (Å²) >= 11 is 4.61. The number of rotatable bonds is 8. The van der Waals surface area contributed by atoms with E-state index in [0.29, 0.717) is 16.8 Å². The van der Waals surface area contributed by atoms with Gasteiger partial charge in [0, 0.05) is 30.6 Å². The van der Waals surface area contributed by atoms with E-state index in [9.17, 15) is 4.79 Å². The summed E-state index contributed by atoms with van der Waals surface area (Å²) in [5.74, 6) is -0.772. The number of aromatic nitrogens is 1. The Hall–Kier alpha value is -1.76. The van der Waals surface area contributed by atoms with E-state index in [4.69, 9.17) is 18.9 Å². The zero-order valence-corrected chi connectivity index (χ0v) is 27.2. The van der Waals surface area contributed by atoms with Crippen LogP contribution in [0.15, 0.2) is 44.7 Å². The van der Waals surface area contributed by atoms with Crippen molar-refractivity contribution >= 4 is 47.0 Å². The predicted octanol–water partition coefficient (Wildman–Crippen LogP) is 7.94. The van der Waals surface area contributed by atoms with Crippen molar-refractivity contribution in [3.05, 3.63) is 52.4 Å². The van der Waals surface area contributed by atoms with Crippen molar-refractivity contribution in [1.82, 2.24) is 9.88 Å². The fourth-order valence-corrected chi connectivity index (χ4v) is 6.76. The van der Waals surface area contributed by atoms with Gasteiger partial charge in [0.25, 0.3) is 0 Å². The minimum Gasteiger partial charge on any atom is -0.447 e. The number of hydrogen-bond acceptors (Lipinski definition) is 7. The molecule has 3 rings (SSSR count). The van der Waals surface area contributed by atoms with Gasteiger partial charge in [0.05, 0.1) is 10.9 Å². The SMILES string of the molecule is C[C@H]1[C@@](CF)(c2cc(Br)ccc2F)N=C(N(COCC[Si](C)(C)C)C(=O)OC(C)(C)C)S[C@]1(C)c1cnco1. The van der Waals surface area contributed by atoms with E-state index in [2.05, 4.69) is 40.6 Å². The average molecular weight is 647 g/mol. The molecule has 0 radical (unpaired) electrons. The standard InChI is InChI=1S/C27H38BrF2N3O4SSi/c1-18-26(5,22-14-31-16-36-22)38-23(32-27(18,15-29)20-13-19(28)9-10-21(20)30)33(24(34)37-25(2,3)4)17-35-11-12-39(6,7)8/h9-10,13-14,16,18H,11-12,15,17H2,1-8H3/t18-,26+,27+/m1/s1. The number of oxazole rings is 1. The van der Waals surface area contributed by atoms with E-state index in [0.717, 1.165) is 6.04 Å². The summed E-state index contributed by atoms with van der Waals surface area (Å²) < 4.78 is 47.8. The second-order valence-electron chi connectivity index (χ2n) is 12.1. The van der Waals surface area contributed by atoms with Gasteiger partial charge < -0.3 is 13.9 Å². The first kappa shape index (κ1) is 31.8. The van der Waals surface area contributed by atoms with Crippen LogP contribution in [0.25, 0.3) is 0 Å². The zero-order chi connectivity index (χ0) is 29.2. The van der Waals surface area contributed by atoms with Gasteiger partial charge in [-0.3, -0.25) is 0 Å². The van der Waals surface area contributed by atoms with Crippen LogP contribution in [0.2, 0.25) is 25.7 Å². The molecule has 1 aromatic carbocycles. The summed E-state index contributed by atoms with van der Waals surface area (Å²) in [4.78, 5) is 23.7. The van der Waals surface area contributed by atoms with Crippen LogP contribution in [0, 0.1) is 11.7 Å². The molecule has 0 bridgehead atoms. The van der Waals surface area contributed by atoms with Crippen molar-refractivity contribution in [2.24, 2.45) is 10.9 Å². The second kappa shape index (κ2) is 12.0. The number of benzene rings is 1.